The van der Waals surface area contributed by atoms with Gasteiger partial charge in [-0.2, -0.15) is 25.0 Å². The molecule has 0 radical (unpaired) electrons. The molecule has 1 aliphatic heterocycles. The zero-order valence-electron chi connectivity index (χ0n) is 29.3. The smallest absolute Gasteiger partial charge is 0.319 e. The zero-order valence-corrected chi connectivity index (χ0v) is 29.3. The number of fused-ring (bicyclic) bond motifs is 1. The normalized spacial score (nSPS) is 21.4. The molecule has 8 rings (SSSR count). The number of benzene rings is 2. The van der Waals surface area contributed by atoms with Crippen LogP contribution in [0.1, 0.15) is 54.6 Å². The second-order valence-electron chi connectivity index (χ2n) is 13.6. The van der Waals surface area contributed by atoms with E-state index in [0.717, 1.165) is 16.8 Å². The van der Waals surface area contributed by atoms with E-state index in [1.54, 1.807) is 37.1 Å². The van der Waals surface area contributed by atoms with Crippen LogP contribution in [-0.4, -0.2) is 93.6 Å². The molecule has 0 bridgehead atoms. The van der Waals surface area contributed by atoms with E-state index in [4.69, 9.17) is 15.0 Å². The van der Waals surface area contributed by atoms with Gasteiger partial charge in [-0.05, 0) is 42.5 Å². The maximum absolute atomic E-state index is 12.8. The average Bonchev–Trinajstić information content (AvgIpc) is 4.00. The lowest BCUT2D eigenvalue weighted by Gasteiger charge is -2.22. The third-order valence-corrected chi connectivity index (χ3v) is 10.2. The fraction of sp³-hybridized carbons (Fsp3) is 0.342. The third-order valence-electron chi connectivity index (χ3n) is 10.2. The summed E-state index contributed by atoms with van der Waals surface area (Å²) in [4.78, 5) is 35.3. The van der Waals surface area contributed by atoms with Gasteiger partial charge in [-0.1, -0.05) is 67.6 Å². The van der Waals surface area contributed by atoms with Gasteiger partial charge in [-0.3, -0.25) is 4.98 Å². The van der Waals surface area contributed by atoms with E-state index in [9.17, 15) is 15.0 Å². The topological polar surface area (TPSA) is 184 Å². The first-order valence-electron chi connectivity index (χ1n) is 18.0. The van der Waals surface area contributed by atoms with Crippen molar-refractivity contribution in [1.82, 2.24) is 44.8 Å². The van der Waals surface area contributed by atoms with Gasteiger partial charge >= 0.3 is 6.03 Å². The number of aliphatic hydroxyl groups excluding tert-OH is 2. The molecule has 1 aliphatic carbocycles. The number of rotatable bonds is 11. The van der Waals surface area contributed by atoms with Crippen molar-refractivity contribution in [2.45, 2.75) is 62.4 Å². The number of amides is 2. The van der Waals surface area contributed by atoms with E-state index in [2.05, 4.69) is 55.4 Å². The molecule has 2 fully saturated rings. The van der Waals surface area contributed by atoms with E-state index in [0.29, 0.717) is 67.5 Å². The van der Waals surface area contributed by atoms with Crippen molar-refractivity contribution in [2.75, 3.05) is 35.2 Å². The van der Waals surface area contributed by atoms with Crippen LogP contribution in [0.2, 0.25) is 0 Å². The minimum atomic E-state index is -1.11. The lowest BCUT2D eigenvalue weighted by molar-refractivity contribution is 0.00497. The van der Waals surface area contributed by atoms with Crippen LogP contribution >= 0.6 is 0 Å². The lowest BCUT2D eigenvalue weighted by atomic mass is 9.91. The van der Waals surface area contributed by atoms with Crippen molar-refractivity contribution in [3.8, 4) is 0 Å². The molecule has 53 heavy (non-hydrogen) atoms. The number of hydrogen-bond donors (Lipinski definition) is 5. The van der Waals surface area contributed by atoms with E-state index >= 15 is 0 Å². The molecule has 1 unspecified atom stereocenters. The Labute approximate surface area is 306 Å². The van der Waals surface area contributed by atoms with Gasteiger partial charge in [0.1, 0.15) is 18.2 Å². The molecule has 5 atom stereocenters. The number of aryl methyl sites for hydroxylation is 1. The quantitative estimate of drug-likeness (QED) is 0.131. The number of hydrogen-bond acceptors (Lipinski definition) is 11. The highest BCUT2D eigenvalue weighted by Crippen LogP contribution is 2.40. The molecule has 1 saturated carbocycles. The number of urea groups is 1. The minimum Gasteiger partial charge on any atom is -0.388 e. The molecular weight excluding hydrogens is 672 g/mol. The Bertz CT molecular complexity index is 2110. The van der Waals surface area contributed by atoms with Gasteiger partial charge in [0.25, 0.3) is 0 Å². The second kappa shape index (κ2) is 15.0. The monoisotopic (exact) mass is 714 g/mol. The third kappa shape index (κ3) is 7.12. The number of pyridine rings is 1. The number of carbonyl (C=O) groups excluding carboxylic acids is 1. The molecule has 4 aromatic heterocycles. The van der Waals surface area contributed by atoms with Gasteiger partial charge in [0.05, 0.1) is 36.1 Å². The highest BCUT2D eigenvalue weighted by Gasteiger charge is 2.45. The van der Waals surface area contributed by atoms with Gasteiger partial charge in [0.2, 0.25) is 5.95 Å². The molecule has 6 aromatic rings. The molecule has 5 heterocycles. The first kappa shape index (κ1) is 34.2. The highest BCUT2D eigenvalue weighted by molar-refractivity contribution is 5.89. The Balaban J connectivity index is 1.10. The molecule has 15 nitrogen and oxygen atoms in total. The lowest BCUT2D eigenvalue weighted by Crippen LogP contribution is -2.40. The number of carbonyl (C=O) groups is 1. The first-order chi connectivity index (χ1) is 25.9. The fourth-order valence-corrected chi connectivity index (χ4v) is 7.38. The van der Waals surface area contributed by atoms with Gasteiger partial charge in [0, 0.05) is 37.8 Å². The maximum atomic E-state index is 12.8. The predicted molar refractivity (Wildman–Crippen MR) is 200 cm³/mol. The van der Waals surface area contributed by atoms with Crippen molar-refractivity contribution in [3.63, 3.8) is 0 Å². The van der Waals surface area contributed by atoms with E-state index in [1.807, 2.05) is 52.8 Å². The Hall–Kier alpha value is -5.93. The number of anilines is 3. The van der Waals surface area contributed by atoms with Crippen LogP contribution < -0.4 is 20.9 Å². The summed E-state index contributed by atoms with van der Waals surface area (Å²) in [6.45, 7) is 3.64. The summed E-state index contributed by atoms with van der Waals surface area (Å²) >= 11 is 0. The average molecular weight is 715 g/mol. The van der Waals surface area contributed by atoms with Crippen molar-refractivity contribution >= 4 is 34.6 Å². The van der Waals surface area contributed by atoms with Crippen LogP contribution in [0.15, 0.2) is 97.7 Å². The summed E-state index contributed by atoms with van der Waals surface area (Å²) in [5.41, 5.74) is 4.82. The number of aliphatic hydroxyl groups is 2. The SMILES string of the molecule is CCc1cnn([C@H]2C[C@@H](n3cnc4c(NCC(c5ccccc5)c5ccccc5)nc(N5CCC(NC(=O)Nc6cccnc6)C5)nc43)[C@H](O)[C@@H]2O)n1. The predicted octanol–water partition coefficient (Wildman–Crippen LogP) is 3.93. The molecule has 15 heteroatoms. The summed E-state index contributed by atoms with van der Waals surface area (Å²) in [5.74, 6) is 1.05. The van der Waals surface area contributed by atoms with Crippen molar-refractivity contribution in [1.29, 1.82) is 0 Å². The molecule has 2 aromatic carbocycles. The largest absolute Gasteiger partial charge is 0.388 e. The summed E-state index contributed by atoms with van der Waals surface area (Å²) in [5, 5.41) is 41.0. The molecule has 1 saturated heterocycles. The number of aromatic nitrogens is 8. The summed E-state index contributed by atoms with van der Waals surface area (Å²) in [6.07, 6.45) is 6.19. The Morgan fingerprint density at radius 2 is 1.70 bits per heavy atom. The van der Waals surface area contributed by atoms with Crippen molar-refractivity contribution in [3.05, 3.63) is 115 Å². The number of nitrogens with zero attached hydrogens (tertiary/aromatic N) is 9. The van der Waals surface area contributed by atoms with Crippen LogP contribution in [-0.2, 0) is 6.42 Å². The van der Waals surface area contributed by atoms with Crippen LogP contribution in [0.25, 0.3) is 11.2 Å². The van der Waals surface area contributed by atoms with Gasteiger partial charge < -0.3 is 35.6 Å². The maximum Gasteiger partial charge on any atom is 0.319 e. The summed E-state index contributed by atoms with van der Waals surface area (Å²) in [7, 11) is 0. The molecule has 0 spiro atoms. The van der Waals surface area contributed by atoms with Gasteiger partial charge in [0.15, 0.2) is 17.0 Å². The molecular formula is C38H42N12O3. The van der Waals surface area contributed by atoms with Crippen molar-refractivity contribution in [2.24, 2.45) is 0 Å². The number of nitrogens with one attached hydrogen (secondary N) is 3. The van der Waals surface area contributed by atoms with Crippen LogP contribution in [0.5, 0.6) is 0 Å². The summed E-state index contributed by atoms with van der Waals surface area (Å²) < 4.78 is 1.84. The van der Waals surface area contributed by atoms with E-state index < -0.39 is 24.3 Å². The van der Waals surface area contributed by atoms with Crippen LogP contribution in [0.3, 0.4) is 0 Å². The molecule has 5 N–H and O–H groups in total. The highest BCUT2D eigenvalue weighted by atomic mass is 16.3. The molecule has 2 aliphatic rings. The van der Waals surface area contributed by atoms with Crippen LogP contribution in [0.4, 0.5) is 22.2 Å². The van der Waals surface area contributed by atoms with Crippen molar-refractivity contribution < 1.29 is 15.0 Å². The Morgan fingerprint density at radius 3 is 2.40 bits per heavy atom. The Kier molecular flexibility index (Phi) is 9.65. The zero-order chi connectivity index (χ0) is 36.3. The first-order valence-corrected chi connectivity index (χ1v) is 18.0. The second-order valence-corrected chi connectivity index (χ2v) is 13.6. The molecule has 272 valence electrons. The van der Waals surface area contributed by atoms with Crippen LogP contribution in [0, 0.1) is 0 Å². The van der Waals surface area contributed by atoms with E-state index in [1.165, 1.54) is 4.80 Å². The van der Waals surface area contributed by atoms with Gasteiger partial charge in [-0.25, -0.2) is 9.78 Å². The standard InChI is InChI=1S/C38H42N12O3/c1-2-26-20-42-50(47-26)31-18-30(33(51)34(31)52)49-23-41-32-35(40-21-29(24-10-5-3-6-11-24)25-12-7-4-8-13-25)45-37(46-36(32)49)48-17-15-28(22-48)44-38(53)43-27-14-9-16-39-19-27/h3-14,16,19-20,23,28-31,33-34,51-52H,2,15,17-18,21-22H2,1H3,(H,40,45,46)(H2,43,44,53)/t28?,30-,31+,33+,34-/m1/s1. The van der Waals surface area contributed by atoms with E-state index in [-0.39, 0.29) is 18.0 Å². The molecule has 2 amide bonds. The minimum absolute atomic E-state index is 0.0220. The fourth-order valence-electron chi connectivity index (χ4n) is 7.38. The Morgan fingerprint density at radius 1 is 0.943 bits per heavy atom. The summed E-state index contributed by atoms with van der Waals surface area (Å²) in [6, 6.07) is 22.7. The number of imidazole rings is 1. The van der Waals surface area contributed by atoms with Gasteiger partial charge in [-0.15, -0.1) is 0 Å².